The summed E-state index contributed by atoms with van der Waals surface area (Å²) >= 11 is 0. The molecule has 0 aliphatic rings. The van der Waals surface area contributed by atoms with Crippen LogP contribution in [0.3, 0.4) is 0 Å². The fraction of sp³-hybridized carbons (Fsp3) is 0.286. The van der Waals surface area contributed by atoms with Gasteiger partial charge in [-0.3, -0.25) is 9.97 Å². The van der Waals surface area contributed by atoms with E-state index in [0.717, 1.165) is 18.4 Å². The molecule has 0 aromatic carbocycles. The summed E-state index contributed by atoms with van der Waals surface area (Å²) in [7, 11) is 1.87. The van der Waals surface area contributed by atoms with Gasteiger partial charge in [0, 0.05) is 37.0 Å². The van der Waals surface area contributed by atoms with E-state index >= 15 is 0 Å². The van der Waals surface area contributed by atoms with Crippen LogP contribution in [-0.4, -0.2) is 49.7 Å². The Labute approximate surface area is 178 Å². The highest BCUT2D eigenvalue weighted by molar-refractivity contribution is 5.85. The van der Waals surface area contributed by atoms with Crippen LogP contribution in [0.1, 0.15) is 18.4 Å². The first-order valence-electron chi connectivity index (χ1n) is 9.95. The van der Waals surface area contributed by atoms with Crippen molar-refractivity contribution >= 4 is 17.0 Å². The fourth-order valence-electron chi connectivity index (χ4n) is 3.20. The normalized spacial score (nSPS) is 11.2. The maximum Gasteiger partial charge on any atom is 0.166 e. The van der Waals surface area contributed by atoms with E-state index in [1.165, 1.54) is 6.07 Å². The van der Waals surface area contributed by atoms with Crippen molar-refractivity contribution < 1.29 is 9.13 Å². The zero-order valence-corrected chi connectivity index (χ0v) is 17.3. The van der Waals surface area contributed by atoms with Crippen LogP contribution in [0.2, 0.25) is 0 Å². The third kappa shape index (κ3) is 4.43. The lowest BCUT2D eigenvalue weighted by molar-refractivity contribution is 0.317. The molecule has 4 aromatic rings. The molecule has 31 heavy (non-hydrogen) atoms. The average molecular weight is 422 g/mol. The SMILES string of the molecule is CCc1nc(N)c2nc(-c3cncc(F)c3)n(Cc3cc(OCCNC)ccn3)c2n1. The number of hydrogen-bond acceptors (Lipinski definition) is 8. The summed E-state index contributed by atoms with van der Waals surface area (Å²) < 4.78 is 21.5. The van der Waals surface area contributed by atoms with E-state index in [2.05, 4.69) is 30.2 Å². The smallest absolute Gasteiger partial charge is 0.166 e. The summed E-state index contributed by atoms with van der Waals surface area (Å²) in [4.78, 5) is 22.0. The first-order chi connectivity index (χ1) is 15.1. The number of halogens is 1. The van der Waals surface area contributed by atoms with E-state index in [-0.39, 0.29) is 5.82 Å². The third-order valence-electron chi connectivity index (χ3n) is 4.68. The Morgan fingerprint density at radius 1 is 1.19 bits per heavy atom. The zero-order chi connectivity index (χ0) is 21.8. The number of nitrogen functional groups attached to an aromatic ring is 1. The van der Waals surface area contributed by atoms with Gasteiger partial charge < -0.3 is 20.4 Å². The van der Waals surface area contributed by atoms with Crippen molar-refractivity contribution in [3.63, 3.8) is 0 Å². The predicted molar refractivity (Wildman–Crippen MR) is 115 cm³/mol. The molecule has 0 unspecified atom stereocenters. The number of nitrogens with one attached hydrogen (secondary N) is 1. The highest BCUT2D eigenvalue weighted by Gasteiger charge is 2.19. The molecule has 0 radical (unpaired) electrons. The predicted octanol–water partition coefficient (Wildman–Crippen LogP) is 2.21. The minimum Gasteiger partial charge on any atom is -0.492 e. The molecule has 160 valence electrons. The molecule has 0 aliphatic heterocycles. The molecule has 0 spiro atoms. The van der Waals surface area contributed by atoms with E-state index in [9.17, 15) is 4.39 Å². The molecule has 3 N–H and O–H groups in total. The number of fused-ring (bicyclic) bond motifs is 1. The van der Waals surface area contributed by atoms with Gasteiger partial charge in [0.2, 0.25) is 0 Å². The number of ether oxygens (including phenoxy) is 1. The molecule has 0 saturated carbocycles. The average Bonchev–Trinajstić information content (AvgIpc) is 3.13. The van der Waals surface area contributed by atoms with E-state index in [4.69, 9.17) is 10.5 Å². The molecule has 0 fully saturated rings. The van der Waals surface area contributed by atoms with Crippen LogP contribution in [0.5, 0.6) is 5.75 Å². The lowest BCUT2D eigenvalue weighted by atomic mass is 10.2. The quantitative estimate of drug-likeness (QED) is 0.415. The van der Waals surface area contributed by atoms with Gasteiger partial charge in [-0.05, 0) is 19.2 Å². The van der Waals surface area contributed by atoms with Crippen LogP contribution in [0, 0.1) is 5.82 Å². The summed E-state index contributed by atoms with van der Waals surface area (Å²) in [6, 6.07) is 5.04. The Morgan fingerprint density at radius 2 is 2.06 bits per heavy atom. The molecular weight excluding hydrogens is 399 g/mol. The van der Waals surface area contributed by atoms with E-state index in [0.29, 0.717) is 53.7 Å². The molecule has 0 amide bonds. The van der Waals surface area contributed by atoms with Crippen LogP contribution in [0.25, 0.3) is 22.6 Å². The molecule has 0 atom stereocenters. The summed E-state index contributed by atoms with van der Waals surface area (Å²) in [6.07, 6.45) is 5.01. The van der Waals surface area contributed by atoms with Crippen molar-refractivity contribution in [3.05, 3.63) is 54.1 Å². The first kappa shape index (κ1) is 20.6. The number of aryl methyl sites for hydroxylation is 1. The summed E-state index contributed by atoms with van der Waals surface area (Å²) in [5, 5.41) is 3.04. The van der Waals surface area contributed by atoms with Crippen molar-refractivity contribution in [2.24, 2.45) is 0 Å². The molecule has 0 aliphatic carbocycles. The van der Waals surface area contributed by atoms with Crippen molar-refractivity contribution in [2.75, 3.05) is 25.9 Å². The summed E-state index contributed by atoms with van der Waals surface area (Å²) in [6.45, 7) is 3.56. The Morgan fingerprint density at radius 3 is 2.84 bits per heavy atom. The first-order valence-corrected chi connectivity index (χ1v) is 9.95. The van der Waals surface area contributed by atoms with Crippen LogP contribution < -0.4 is 15.8 Å². The summed E-state index contributed by atoms with van der Waals surface area (Å²) in [5.74, 6) is 1.62. The molecule has 4 aromatic heterocycles. The van der Waals surface area contributed by atoms with Gasteiger partial charge >= 0.3 is 0 Å². The number of imidazole rings is 1. The van der Waals surface area contributed by atoms with Gasteiger partial charge in [0.05, 0.1) is 18.4 Å². The number of hydrogen-bond donors (Lipinski definition) is 2. The van der Waals surface area contributed by atoms with Gasteiger partial charge in [-0.1, -0.05) is 6.92 Å². The topological polar surface area (TPSA) is 117 Å². The Balaban J connectivity index is 1.81. The number of aromatic nitrogens is 6. The van der Waals surface area contributed by atoms with E-state index in [1.807, 2.05) is 24.6 Å². The monoisotopic (exact) mass is 422 g/mol. The van der Waals surface area contributed by atoms with Gasteiger partial charge in [-0.15, -0.1) is 0 Å². The van der Waals surface area contributed by atoms with Gasteiger partial charge in [-0.25, -0.2) is 19.3 Å². The number of rotatable bonds is 8. The third-order valence-corrected chi connectivity index (χ3v) is 4.68. The van der Waals surface area contributed by atoms with E-state index in [1.54, 1.807) is 18.5 Å². The largest absolute Gasteiger partial charge is 0.492 e. The van der Waals surface area contributed by atoms with Gasteiger partial charge in [0.15, 0.2) is 17.0 Å². The van der Waals surface area contributed by atoms with Crippen molar-refractivity contribution in [1.29, 1.82) is 0 Å². The Hall–Kier alpha value is -3.66. The van der Waals surface area contributed by atoms with Crippen LogP contribution in [0.15, 0.2) is 36.8 Å². The zero-order valence-electron chi connectivity index (χ0n) is 17.3. The Bertz CT molecular complexity index is 1210. The molecular formula is C21H23FN8O. The van der Waals surface area contributed by atoms with Crippen molar-refractivity contribution in [2.45, 2.75) is 19.9 Å². The maximum absolute atomic E-state index is 13.9. The van der Waals surface area contributed by atoms with Gasteiger partial charge in [-0.2, -0.15) is 0 Å². The van der Waals surface area contributed by atoms with Gasteiger partial charge in [0.1, 0.15) is 29.8 Å². The standard InChI is InChI=1S/C21H23FN8O/c1-3-17-27-19(23)18-21(28-17)30(20(29-18)13-8-14(22)11-25-10-13)12-15-9-16(4-5-26-15)31-7-6-24-2/h4-5,8-11,24H,3,6-7,12H2,1-2H3,(H2,23,27,28). The van der Waals surface area contributed by atoms with Crippen LogP contribution in [-0.2, 0) is 13.0 Å². The second kappa shape index (κ2) is 9.00. The second-order valence-electron chi connectivity index (χ2n) is 6.90. The number of pyridine rings is 2. The lowest BCUT2D eigenvalue weighted by Gasteiger charge is -2.11. The number of anilines is 1. The summed E-state index contributed by atoms with van der Waals surface area (Å²) in [5.41, 5.74) is 8.42. The molecule has 0 saturated heterocycles. The second-order valence-corrected chi connectivity index (χ2v) is 6.90. The molecule has 10 heteroatoms. The Kier molecular flexibility index (Phi) is 5.99. The minimum atomic E-state index is -0.456. The van der Waals surface area contributed by atoms with E-state index < -0.39 is 5.82 Å². The number of likely N-dealkylation sites (N-methyl/N-ethyl adjacent to an activating group) is 1. The van der Waals surface area contributed by atoms with Crippen LogP contribution >= 0.6 is 0 Å². The maximum atomic E-state index is 13.9. The highest BCUT2D eigenvalue weighted by Crippen LogP contribution is 2.27. The molecule has 4 rings (SSSR count). The highest BCUT2D eigenvalue weighted by atomic mass is 19.1. The molecule has 0 bridgehead atoms. The van der Waals surface area contributed by atoms with Crippen LogP contribution in [0.4, 0.5) is 10.2 Å². The fourth-order valence-corrected chi connectivity index (χ4v) is 3.20. The lowest BCUT2D eigenvalue weighted by Crippen LogP contribution is -2.16. The van der Waals surface area contributed by atoms with Crippen molar-refractivity contribution in [3.8, 4) is 17.1 Å². The number of nitrogens with zero attached hydrogens (tertiary/aromatic N) is 6. The molecule has 4 heterocycles. The molecule has 9 nitrogen and oxygen atoms in total. The minimum absolute atomic E-state index is 0.281. The number of nitrogens with two attached hydrogens (primary N) is 1. The van der Waals surface area contributed by atoms with Crippen molar-refractivity contribution in [1.82, 2.24) is 34.8 Å². The van der Waals surface area contributed by atoms with Gasteiger partial charge in [0.25, 0.3) is 0 Å².